The van der Waals surface area contributed by atoms with E-state index in [4.69, 9.17) is 9.15 Å². The fourth-order valence-electron chi connectivity index (χ4n) is 2.87. The van der Waals surface area contributed by atoms with Gasteiger partial charge in [-0.3, -0.25) is 9.59 Å². The van der Waals surface area contributed by atoms with E-state index >= 15 is 0 Å². The normalized spacial score (nSPS) is 18.9. The third-order valence-electron chi connectivity index (χ3n) is 4.24. The predicted molar refractivity (Wildman–Crippen MR) is 91.6 cm³/mol. The van der Waals surface area contributed by atoms with E-state index in [1.165, 1.54) is 0 Å². The van der Waals surface area contributed by atoms with Crippen LogP contribution in [0.2, 0.25) is 0 Å². The fraction of sp³-hybridized carbons (Fsp3) is 0.368. The number of hydrogen-bond donors (Lipinski definition) is 1. The summed E-state index contributed by atoms with van der Waals surface area (Å²) in [6.07, 6.45) is 0. The monoisotopic (exact) mass is 342 g/mol. The number of furan rings is 1. The molecule has 0 spiro atoms. The minimum absolute atomic E-state index is 0.00352. The van der Waals surface area contributed by atoms with Gasteiger partial charge in [0.05, 0.1) is 12.6 Å². The van der Waals surface area contributed by atoms with Crippen LogP contribution in [0.5, 0.6) is 0 Å². The molecular formula is C19H22N2O4. The molecule has 6 nitrogen and oxygen atoms in total. The maximum absolute atomic E-state index is 12.7. The maximum atomic E-state index is 12.7. The molecule has 3 rings (SSSR count). The minimum Gasteiger partial charge on any atom is -0.464 e. The molecule has 1 aromatic heterocycles. The lowest BCUT2D eigenvalue weighted by Crippen LogP contribution is -2.56. The Morgan fingerprint density at radius 1 is 1.28 bits per heavy atom. The average Bonchev–Trinajstić information content (AvgIpc) is 3.04. The number of amides is 2. The summed E-state index contributed by atoms with van der Waals surface area (Å²) < 4.78 is 10.8. The Morgan fingerprint density at radius 3 is 2.72 bits per heavy atom. The van der Waals surface area contributed by atoms with Gasteiger partial charge < -0.3 is 19.4 Å². The standard InChI is InChI=1S/C19H22N2O4/c1-13-8-9-17(25-13)14(2)20-19(23)16-11-24-12-18(22)21(16)10-15-6-4-3-5-7-15/h3-9,14,16H,10-12H2,1-2H3,(H,20,23). The van der Waals surface area contributed by atoms with Gasteiger partial charge in [-0.2, -0.15) is 0 Å². The lowest BCUT2D eigenvalue weighted by molar-refractivity contribution is -0.155. The molecule has 1 aromatic carbocycles. The van der Waals surface area contributed by atoms with Crippen molar-refractivity contribution in [2.45, 2.75) is 32.5 Å². The first-order valence-corrected chi connectivity index (χ1v) is 8.32. The highest BCUT2D eigenvalue weighted by atomic mass is 16.5. The number of ether oxygens (including phenoxy) is 1. The number of morpholine rings is 1. The number of benzene rings is 1. The molecule has 132 valence electrons. The lowest BCUT2D eigenvalue weighted by Gasteiger charge is -2.35. The number of nitrogens with one attached hydrogen (secondary N) is 1. The zero-order valence-electron chi connectivity index (χ0n) is 14.4. The predicted octanol–water partition coefficient (Wildman–Crippen LogP) is 2.19. The molecule has 0 saturated carbocycles. The van der Waals surface area contributed by atoms with Crippen molar-refractivity contribution in [3.63, 3.8) is 0 Å². The molecule has 1 saturated heterocycles. The molecule has 1 fully saturated rings. The SMILES string of the molecule is Cc1ccc(C(C)NC(=O)C2COCC(=O)N2Cc2ccccc2)o1. The summed E-state index contributed by atoms with van der Waals surface area (Å²) in [4.78, 5) is 26.6. The number of aryl methyl sites for hydroxylation is 1. The summed E-state index contributed by atoms with van der Waals surface area (Å²) in [5, 5.41) is 2.91. The topological polar surface area (TPSA) is 71.8 Å². The van der Waals surface area contributed by atoms with Crippen LogP contribution in [0.3, 0.4) is 0 Å². The van der Waals surface area contributed by atoms with E-state index in [0.29, 0.717) is 12.3 Å². The molecule has 2 heterocycles. The van der Waals surface area contributed by atoms with Crippen molar-refractivity contribution in [3.8, 4) is 0 Å². The van der Waals surface area contributed by atoms with Crippen molar-refractivity contribution >= 4 is 11.8 Å². The second-order valence-electron chi connectivity index (χ2n) is 6.22. The van der Waals surface area contributed by atoms with Crippen LogP contribution in [-0.4, -0.2) is 36.0 Å². The highest BCUT2D eigenvalue weighted by Crippen LogP contribution is 2.18. The molecule has 0 radical (unpaired) electrons. The second-order valence-corrected chi connectivity index (χ2v) is 6.22. The van der Waals surface area contributed by atoms with Crippen molar-refractivity contribution in [2.24, 2.45) is 0 Å². The Bertz CT molecular complexity index is 741. The quantitative estimate of drug-likeness (QED) is 0.904. The van der Waals surface area contributed by atoms with Gasteiger partial charge in [-0.25, -0.2) is 0 Å². The minimum atomic E-state index is -0.653. The summed E-state index contributed by atoms with van der Waals surface area (Å²) >= 11 is 0. The summed E-state index contributed by atoms with van der Waals surface area (Å²) in [5.74, 6) is 1.05. The lowest BCUT2D eigenvalue weighted by atomic mass is 10.1. The Balaban J connectivity index is 1.71. The molecule has 1 aliphatic rings. The first-order chi connectivity index (χ1) is 12.0. The maximum Gasteiger partial charge on any atom is 0.249 e. The van der Waals surface area contributed by atoms with Gasteiger partial charge in [-0.15, -0.1) is 0 Å². The molecule has 2 unspecified atom stereocenters. The van der Waals surface area contributed by atoms with Gasteiger partial charge in [-0.1, -0.05) is 30.3 Å². The zero-order chi connectivity index (χ0) is 17.8. The number of nitrogens with zero attached hydrogens (tertiary/aromatic N) is 1. The van der Waals surface area contributed by atoms with Crippen LogP contribution in [0, 0.1) is 6.92 Å². The Morgan fingerprint density at radius 2 is 2.04 bits per heavy atom. The molecule has 25 heavy (non-hydrogen) atoms. The second kappa shape index (κ2) is 7.53. The van der Waals surface area contributed by atoms with E-state index in [-0.39, 0.29) is 31.1 Å². The molecule has 2 aromatic rings. The average molecular weight is 342 g/mol. The van der Waals surface area contributed by atoms with Gasteiger partial charge >= 0.3 is 0 Å². The van der Waals surface area contributed by atoms with Crippen molar-refractivity contribution in [1.29, 1.82) is 0 Å². The van der Waals surface area contributed by atoms with E-state index in [1.54, 1.807) is 4.90 Å². The van der Waals surface area contributed by atoms with Crippen LogP contribution in [0.25, 0.3) is 0 Å². The van der Waals surface area contributed by atoms with E-state index in [9.17, 15) is 9.59 Å². The summed E-state index contributed by atoms with van der Waals surface area (Å²) in [7, 11) is 0. The van der Waals surface area contributed by atoms with Crippen molar-refractivity contribution in [2.75, 3.05) is 13.2 Å². The van der Waals surface area contributed by atoms with Crippen molar-refractivity contribution < 1.29 is 18.7 Å². The number of hydrogen-bond acceptors (Lipinski definition) is 4. The molecule has 2 atom stereocenters. The smallest absolute Gasteiger partial charge is 0.249 e. The largest absolute Gasteiger partial charge is 0.464 e. The van der Waals surface area contributed by atoms with E-state index < -0.39 is 6.04 Å². The zero-order valence-corrected chi connectivity index (χ0v) is 14.4. The van der Waals surface area contributed by atoms with E-state index in [1.807, 2.05) is 56.3 Å². The molecule has 1 aliphatic heterocycles. The van der Waals surface area contributed by atoms with E-state index in [2.05, 4.69) is 5.32 Å². The third-order valence-corrected chi connectivity index (χ3v) is 4.24. The van der Waals surface area contributed by atoms with Crippen LogP contribution >= 0.6 is 0 Å². The fourth-order valence-corrected chi connectivity index (χ4v) is 2.87. The number of carbonyl (C=O) groups excluding carboxylic acids is 2. The summed E-state index contributed by atoms with van der Waals surface area (Å²) in [6.45, 7) is 4.28. The highest BCUT2D eigenvalue weighted by Gasteiger charge is 2.34. The molecule has 0 aliphatic carbocycles. The van der Waals surface area contributed by atoms with Gasteiger partial charge in [-0.05, 0) is 31.5 Å². The Labute approximate surface area is 146 Å². The first kappa shape index (κ1) is 17.2. The van der Waals surface area contributed by atoms with Gasteiger partial charge in [0, 0.05) is 6.54 Å². The molecule has 0 bridgehead atoms. The molecule has 2 amide bonds. The molecule has 1 N–H and O–H groups in total. The van der Waals surface area contributed by atoms with Crippen LogP contribution < -0.4 is 5.32 Å². The van der Waals surface area contributed by atoms with Gasteiger partial charge in [0.1, 0.15) is 24.2 Å². The summed E-state index contributed by atoms with van der Waals surface area (Å²) in [5.41, 5.74) is 0.977. The Kier molecular flexibility index (Phi) is 5.19. The van der Waals surface area contributed by atoms with Crippen molar-refractivity contribution in [1.82, 2.24) is 10.2 Å². The van der Waals surface area contributed by atoms with E-state index in [0.717, 1.165) is 11.3 Å². The molecule has 6 heteroatoms. The number of carbonyl (C=O) groups is 2. The van der Waals surface area contributed by atoms with Gasteiger partial charge in [0.2, 0.25) is 11.8 Å². The highest BCUT2D eigenvalue weighted by molar-refractivity contribution is 5.89. The van der Waals surface area contributed by atoms with Crippen LogP contribution in [0.1, 0.15) is 30.0 Å². The Hall–Kier alpha value is -2.60. The van der Waals surface area contributed by atoms with Crippen LogP contribution in [0.4, 0.5) is 0 Å². The number of rotatable bonds is 5. The van der Waals surface area contributed by atoms with Crippen LogP contribution in [0.15, 0.2) is 46.9 Å². The van der Waals surface area contributed by atoms with Crippen molar-refractivity contribution in [3.05, 3.63) is 59.5 Å². The third kappa shape index (κ3) is 4.09. The van der Waals surface area contributed by atoms with Crippen LogP contribution in [-0.2, 0) is 20.9 Å². The summed E-state index contributed by atoms with van der Waals surface area (Å²) in [6, 6.07) is 12.4. The first-order valence-electron chi connectivity index (χ1n) is 8.32. The van der Waals surface area contributed by atoms with Gasteiger partial charge in [0.15, 0.2) is 0 Å². The van der Waals surface area contributed by atoms with Gasteiger partial charge in [0.25, 0.3) is 0 Å². The molecular weight excluding hydrogens is 320 g/mol.